The molecule has 0 spiro atoms. The van der Waals surface area contributed by atoms with Crippen molar-refractivity contribution in [3.63, 3.8) is 0 Å². The van der Waals surface area contributed by atoms with Gasteiger partial charge in [0, 0.05) is 56.6 Å². The molecule has 0 saturated carbocycles. The lowest BCUT2D eigenvalue weighted by molar-refractivity contribution is 0.349. The standard InChI is InChI=1S/C26H30FN9O2S/c1-15(2)24-20-7-16(8-29-25(20)33-35(24)4)23-21(27)10-30-26(32-23)31-22-6-5-19(9-28-22)39(37,38)36-13-17-11-34(3)12-18(17)14-36/h5-10,15,17-18H,11-14H2,1-4H3,(H,28,30,31,32). The summed E-state index contributed by atoms with van der Waals surface area (Å²) < 4.78 is 44.5. The average molecular weight is 552 g/mol. The maximum absolute atomic E-state index is 14.8. The summed E-state index contributed by atoms with van der Waals surface area (Å²) in [4.78, 5) is 19.5. The minimum atomic E-state index is -3.63. The van der Waals surface area contributed by atoms with Crippen LogP contribution >= 0.6 is 0 Å². The van der Waals surface area contributed by atoms with Crippen molar-refractivity contribution in [3.8, 4) is 11.3 Å². The van der Waals surface area contributed by atoms with E-state index >= 15 is 0 Å². The van der Waals surface area contributed by atoms with E-state index in [1.54, 1.807) is 15.1 Å². The van der Waals surface area contributed by atoms with Gasteiger partial charge in [-0.05, 0) is 43.0 Å². The molecule has 2 aliphatic heterocycles. The number of halogens is 1. The number of anilines is 2. The zero-order valence-electron chi connectivity index (χ0n) is 22.2. The number of hydrogen-bond acceptors (Lipinski definition) is 9. The van der Waals surface area contributed by atoms with Crippen LogP contribution in [0.3, 0.4) is 0 Å². The van der Waals surface area contributed by atoms with E-state index in [9.17, 15) is 12.8 Å². The number of fused-ring (bicyclic) bond motifs is 2. The second kappa shape index (κ2) is 9.57. The third kappa shape index (κ3) is 4.64. The Bertz CT molecular complexity index is 1640. The second-order valence-electron chi connectivity index (χ2n) is 10.7. The summed E-state index contributed by atoms with van der Waals surface area (Å²) in [6.45, 7) is 7.03. The van der Waals surface area contributed by atoms with Crippen LogP contribution in [0.4, 0.5) is 16.2 Å². The van der Waals surface area contributed by atoms with Gasteiger partial charge in [-0.2, -0.15) is 9.40 Å². The van der Waals surface area contributed by atoms with Gasteiger partial charge in [-0.15, -0.1) is 0 Å². The number of aryl methyl sites for hydroxylation is 1. The molecular weight excluding hydrogens is 521 g/mol. The number of hydrogen-bond donors (Lipinski definition) is 1. The lowest BCUT2D eigenvalue weighted by atomic mass is 10.0. The van der Waals surface area contributed by atoms with Gasteiger partial charge in [0.2, 0.25) is 16.0 Å². The van der Waals surface area contributed by atoms with Gasteiger partial charge in [-0.1, -0.05) is 13.8 Å². The van der Waals surface area contributed by atoms with Gasteiger partial charge >= 0.3 is 0 Å². The third-order valence-electron chi connectivity index (χ3n) is 7.55. The maximum Gasteiger partial charge on any atom is 0.244 e. The highest BCUT2D eigenvalue weighted by molar-refractivity contribution is 7.89. The van der Waals surface area contributed by atoms with Crippen molar-refractivity contribution >= 4 is 32.8 Å². The summed E-state index contributed by atoms with van der Waals surface area (Å²) in [5, 5.41) is 8.23. The van der Waals surface area contributed by atoms with Gasteiger partial charge in [0.15, 0.2) is 11.5 Å². The highest BCUT2D eigenvalue weighted by atomic mass is 32.2. The predicted octanol–water partition coefficient (Wildman–Crippen LogP) is 3.01. The van der Waals surface area contributed by atoms with Crippen LogP contribution in [-0.2, 0) is 17.1 Å². The molecule has 0 aliphatic carbocycles. The minimum Gasteiger partial charge on any atom is -0.309 e. The Kier molecular flexibility index (Phi) is 6.31. The normalized spacial score (nSPS) is 20.3. The van der Waals surface area contributed by atoms with Crippen molar-refractivity contribution in [2.45, 2.75) is 24.7 Å². The van der Waals surface area contributed by atoms with Crippen molar-refractivity contribution in [1.29, 1.82) is 0 Å². The number of sulfonamides is 1. The van der Waals surface area contributed by atoms with Crippen LogP contribution in [0, 0.1) is 17.7 Å². The van der Waals surface area contributed by atoms with Gasteiger partial charge in [0.25, 0.3) is 0 Å². The Hall–Kier alpha value is -3.55. The Morgan fingerprint density at radius 2 is 1.74 bits per heavy atom. The van der Waals surface area contributed by atoms with Crippen molar-refractivity contribution in [3.05, 3.63) is 48.3 Å². The van der Waals surface area contributed by atoms with Crippen molar-refractivity contribution in [2.24, 2.45) is 18.9 Å². The lowest BCUT2D eigenvalue weighted by Crippen LogP contribution is -2.32. The molecule has 2 aliphatic rings. The van der Waals surface area contributed by atoms with Crippen molar-refractivity contribution in [2.75, 3.05) is 38.5 Å². The molecule has 0 radical (unpaired) electrons. The monoisotopic (exact) mass is 551 g/mol. The molecule has 11 nitrogen and oxygen atoms in total. The van der Waals surface area contributed by atoms with Crippen LogP contribution in [0.25, 0.3) is 22.3 Å². The predicted molar refractivity (Wildman–Crippen MR) is 144 cm³/mol. The maximum atomic E-state index is 14.8. The number of nitrogens with zero attached hydrogens (tertiary/aromatic N) is 8. The van der Waals surface area contributed by atoms with Gasteiger partial charge in [0.1, 0.15) is 16.4 Å². The van der Waals surface area contributed by atoms with E-state index < -0.39 is 15.8 Å². The first-order valence-corrected chi connectivity index (χ1v) is 14.3. The molecule has 2 saturated heterocycles. The van der Waals surface area contributed by atoms with Crippen molar-refractivity contribution in [1.82, 2.24) is 38.9 Å². The molecule has 204 valence electrons. The van der Waals surface area contributed by atoms with Crippen molar-refractivity contribution < 1.29 is 12.8 Å². The Morgan fingerprint density at radius 3 is 2.41 bits per heavy atom. The average Bonchev–Trinajstić information content (AvgIpc) is 3.55. The molecular formula is C26H30FN9O2S. The fourth-order valence-corrected chi connectivity index (χ4v) is 7.29. The summed E-state index contributed by atoms with van der Waals surface area (Å²) in [5.41, 5.74) is 2.17. The molecule has 4 aromatic heterocycles. The molecule has 2 unspecified atom stereocenters. The first-order chi connectivity index (χ1) is 18.6. The van der Waals surface area contributed by atoms with Gasteiger partial charge in [-0.3, -0.25) is 4.68 Å². The molecule has 2 atom stereocenters. The highest BCUT2D eigenvalue weighted by Gasteiger charge is 2.43. The Balaban J connectivity index is 1.22. The SMILES string of the molecule is CC(C)c1c2cc(-c3nc(Nc4ccc(S(=O)(=O)N5CC6CN(C)CC6C5)cn4)ncc3F)cnc2nn1C. The molecule has 1 N–H and O–H groups in total. The Labute approximate surface area is 226 Å². The quantitative estimate of drug-likeness (QED) is 0.385. The number of nitrogens with one attached hydrogen (secondary N) is 1. The fraction of sp³-hybridized carbons (Fsp3) is 0.423. The smallest absolute Gasteiger partial charge is 0.244 e. The number of rotatable bonds is 6. The van der Waals surface area contributed by atoms with Crippen LogP contribution in [0.5, 0.6) is 0 Å². The number of aromatic nitrogens is 6. The van der Waals surface area contributed by atoms with Crippen LogP contribution in [0.2, 0.25) is 0 Å². The fourth-order valence-electron chi connectivity index (χ4n) is 5.79. The van der Waals surface area contributed by atoms with E-state index in [1.807, 2.05) is 13.1 Å². The molecule has 39 heavy (non-hydrogen) atoms. The zero-order chi connectivity index (χ0) is 27.5. The van der Waals surface area contributed by atoms with E-state index in [4.69, 9.17) is 0 Å². The summed E-state index contributed by atoms with van der Waals surface area (Å²) in [7, 11) is 0.300. The summed E-state index contributed by atoms with van der Waals surface area (Å²) in [5.74, 6) is 0.821. The summed E-state index contributed by atoms with van der Waals surface area (Å²) in [6, 6.07) is 4.91. The van der Waals surface area contributed by atoms with Gasteiger partial charge in [-0.25, -0.2) is 32.7 Å². The molecule has 0 bridgehead atoms. The number of likely N-dealkylation sites (tertiary alicyclic amines) is 1. The highest BCUT2D eigenvalue weighted by Crippen LogP contribution is 2.34. The van der Waals surface area contributed by atoms with E-state index in [1.165, 1.54) is 18.5 Å². The van der Waals surface area contributed by atoms with Gasteiger partial charge < -0.3 is 10.2 Å². The molecule has 13 heteroatoms. The molecule has 6 rings (SSSR count). The van der Waals surface area contributed by atoms with E-state index in [2.05, 4.69) is 56.1 Å². The first kappa shape index (κ1) is 25.7. The molecule has 6 heterocycles. The molecule has 0 aromatic carbocycles. The topological polar surface area (TPSA) is 122 Å². The van der Waals surface area contributed by atoms with Gasteiger partial charge in [0.05, 0.1) is 11.9 Å². The van der Waals surface area contributed by atoms with Crippen LogP contribution < -0.4 is 5.32 Å². The van der Waals surface area contributed by atoms with E-state index in [-0.39, 0.29) is 22.5 Å². The largest absolute Gasteiger partial charge is 0.309 e. The first-order valence-electron chi connectivity index (χ1n) is 12.9. The molecule has 2 fully saturated rings. The second-order valence-corrected chi connectivity index (χ2v) is 12.7. The molecule has 4 aromatic rings. The summed E-state index contributed by atoms with van der Waals surface area (Å²) >= 11 is 0. The lowest BCUT2D eigenvalue weighted by Gasteiger charge is -2.19. The molecule has 0 amide bonds. The van der Waals surface area contributed by atoms with Crippen LogP contribution in [0.15, 0.2) is 41.7 Å². The zero-order valence-corrected chi connectivity index (χ0v) is 23.0. The van der Waals surface area contributed by atoms with Crippen LogP contribution in [-0.4, -0.2) is 80.6 Å². The number of pyridine rings is 2. The third-order valence-corrected chi connectivity index (χ3v) is 9.36. The van der Waals surface area contributed by atoms with Crippen LogP contribution in [0.1, 0.15) is 25.5 Å². The minimum absolute atomic E-state index is 0.0879. The van der Waals surface area contributed by atoms with E-state index in [0.29, 0.717) is 42.0 Å². The summed E-state index contributed by atoms with van der Waals surface area (Å²) in [6.07, 6.45) is 3.95. The van der Waals surface area contributed by atoms with E-state index in [0.717, 1.165) is 30.4 Å². The Morgan fingerprint density at radius 1 is 1.00 bits per heavy atom.